The van der Waals surface area contributed by atoms with Crippen LogP contribution in [0.3, 0.4) is 0 Å². The third kappa shape index (κ3) is 3.59. The summed E-state index contributed by atoms with van der Waals surface area (Å²) in [5, 5.41) is 3.39. The van der Waals surface area contributed by atoms with E-state index in [1.54, 1.807) is 6.07 Å². The molecule has 1 aliphatic carbocycles. The highest BCUT2D eigenvalue weighted by molar-refractivity contribution is 5.95. The topological polar surface area (TPSA) is 77.2 Å². The molecule has 3 N–H and O–H groups in total. The molecule has 1 saturated carbocycles. The quantitative estimate of drug-likeness (QED) is 0.647. The predicted molar refractivity (Wildman–Crippen MR) is 75.1 cm³/mol. The van der Waals surface area contributed by atoms with Crippen LogP contribution in [0.15, 0.2) is 12.3 Å². The van der Waals surface area contributed by atoms with Gasteiger partial charge in [-0.1, -0.05) is 25.7 Å². The zero-order chi connectivity index (χ0) is 13.7. The van der Waals surface area contributed by atoms with Gasteiger partial charge in [-0.2, -0.15) is 0 Å². The Balaban J connectivity index is 2.09. The molecule has 0 unspecified atom stereocenters. The number of anilines is 2. The number of rotatable bonds is 3. The van der Waals surface area contributed by atoms with Gasteiger partial charge in [-0.05, 0) is 18.9 Å². The zero-order valence-corrected chi connectivity index (χ0v) is 11.3. The third-order valence-corrected chi connectivity index (χ3v) is 3.55. The van der Waals surface area contributed by atoms with Crippen molar-refractivity contribution < 1.29 is 9.53 Å². The van der Waals surface area contributed by atoms with Crippen LogP contribution in [0.1, 0.15) is 48.9 Å². The molecule has 0 bridgehead atoms. The van der Waals surface area contributed by atoms with Gasteiger partial charge in [0.15, 0.2) is 0 Å². The lowest BCUT2D eigenvalue weighted by molar-refractivity contribution is 0.0602. The molecule has 5 heteroatoms. The lowest BCUT2D eigenvalue weighted by atomic mass is 10.1. The van der Waals surface area contributed by atoms with Gasteiger partial charge < -0.3 is 15.8 Å². The fraction of sp³-hybridized carbons (Fsp3) is 0.571. The first kappa shape index (κ1) is 13.6. The van der Waals surface area contributed by atoms with Gasteiger partial charge >= 0.3 is 5.97 Å². The average Bonchev–Trinajstić information content (AvgIpc) is 2.68. The molecule has 104 valence electrons. The third-order valence-electron chi connectivity index (χ3n) is 3.55. The Morgan fingerprint density at radius 1 is 1.37 bits per heavy atom. The number of pyridine rings is 1. The van der Waals surface area contributed by atoms with Crippen LogP contribution >= 0.6 is 0 Å². The average molecular weight is 263 g/mol. The zero-order valence-electron chi connectivity index (χ0n) is 11.3. The highest BCUT2D eigenvalue weighted by Gasteiger charge is 2.15. The summed E-state index contributed by atoms with van der Waals surface area (Å²) in [6, 6.07) is 2.11. The van der Waals surface area contributed by atoms with Crippen LogP contribution in [0.4, 0.5) is 11.5 Å². The summed E-state index contributed by atoms with van der Waals surface area (Å²) in [7, 11) is 1.35. The summed E-state index contributed by atoms with van der Waals surface area (Å²) < 4.78 is 4.71. The predicted octanol–water partition coefficient (Wildman–Crippen LogP) is 2.59. The molecular weight excluding hydrogens is 242 g/mol. The molecule has 1 fully saturated rings. The van der Waals surface area contributed by atoms with Crippen LogP contribution in [0, 0.1) is 0 Å². The number of aromatic nitrogens is 1. The molecule has 1 heterocycles. The number of nitrogens with zero attached hydrogens (tertiary/aromatic N) is 1. The number of nitrogens with two attached hydrogens (primary N) is 1. The van der Waals surface area contributed by atoms with Gasteiger partial charge in [0.1, 0.15) is 5.82 Å². The standard InChI is InChI=1S/C14H21N3O2/c1-19-14(18)11-8-13(16-9-12(11)15)17-10-6-4-2-3-5-7-10/h8-10H,2-7,15H2,1H3,(H,16,17). The fourth-order valence-electron chi connectivity index (χ4n) is 2.46. The minimum Gasteiger partial charge on any atom is -0.465 e. The van der Waals surface area contributed by atoms with E-state index in [-0.39, 0.29) is 0 Å². The van der Waals surface area contributed by atoms with Gasteiger partial charge in [0.2, 0.25) is 0 Å². The molecule has 1 aromatic rings. The number of nitrogen functional groups attached to an aromatic ring is 1. The summed E-state index contributed by atoms with van der Waals surface area (Å²) in [6.07, 6.45) is 8.92. The SMILES string of the molecule is COC(=O)c1cc(NC2CCCCCC2)ncc1N. The first-order valence-electron chi connectivity index (χ1n) is 6.81. The number of hydrogen-bond acceptors (Lipinski definition) is 5. The maximum atomic E-state index is 11.6. The van der Waals surface area contributed by atoms with Crippen LogP contribution in [-0.4, -0.2) is 24.1 Å². The smallest absolute Gasteiger partial charge is 0.340 e. The Hall–Kier alpha value is -1.78. The number of ether oxygens (including phenoxy) is 1. The Morgan fingerprint density at radius 3 is 2.68 bits per heavy atom. The van der Waals surface area contributed by atoms with Crippen LogP contribution in [0.5, 0.6) is 0 Å². The minimum absolute atomic E-state index is 0.346. The van der Waals surface area contributed by atoms with E-state index in [4.69, 9.17) is 10.5 Å². The second-order valence-electron chi connectivity index (χ2n) is 4.98. The minimum atomic E-state index is -0.427. The lowest BCUT2D eigenvalue weighted by Crippen LogP contribution is -2.19. The summed E-state index contributed by atoms with van der Waals surface area (Å²) >= 11 is 0. The second-order valence-corrected chi connectivity index (χ2v) is 4.98. The van der Waals surface area contributed by atoms with E-state index in [1.807, 2.05) is 0 Å². The van der Waals surface area contributed by atoms with Gasteiger partial charge in [0.25, 0.3) is 0 Å². The van der Waals surface area contributed by atoms with Crippen molar-refractivity contribution in [1.82, 2.24) is 4.98 Å². The Morgan fingerprint density at radius 2 is 2.05 bits per heavy atom. The maximum absolute atomic E-state index is 11.6. The van der Waals surface area contributed by atoms with E-state index < -0.39 is 5.97 Å². The number of carbonyl (C=O) groups excluding carboxylic acids is 1. The Labute approximate surface area is 113 Å². The number of nitrogens with one attached hydrogen (secondary N) is 1. The molecule has 5 nitrogen and oxygen atoms in total. The van der Waals surface area contributed by atoms with Gasteiger partial charge in [0.05, 0.1) is 24.6 Å². The monoisotopic (exact) mass is 263 g/mol. The van der Waals surface area contributed by atoms with E-state index in [0.29, 0.717) is 23.1 Å². The van der Waals surface area contributed by atoms with Crippen LogP contribution in [0.25, 0.3) is 0 Å². The van der Waals surface area contributed by atoms with E-state index >= 15 is 0 Å². The molecule has 0 aromatic carbocycles. The summed E-state index contributed by atoms with van der Waals surface area (Å²) in [5.74, 6) is 0.269. The summed E-state index contributed by atoms with van der Waals surface area (Å²) in [4.78, 5) is 15.8. The molecule has 2 rings (SSSR count). The molecule has 19 heavy (non-hydrogen) atoms. The molecule has 1 aromatic heterocycles. The number of methoxy groups -OCH3 is 1. The van der Waals surface area contributed by atoms with Crippen LogP contribution in [-0.2, 0) is 4.74 Å². The molecular formula is C14H21N3O2. The Kier molecular flexibility index (Phi) is 4.60. The van der Waals surface area contributed by atoms with Crippen molar-refractivity contribution in [1.29, 1.82) is 0 Å². The molecule has 0 radical (unpaired) electrons. The number of carbonyl (C=O) groups is 1. The van der Waals surface area contributed by atoms with Crippen molar-refractivity contribution in [2.24, 2.45) is 0 Å². The normalized spacial score (nSPS) is 16.7. The fourth-order valence-corrected chi connectivity index (χ4v) is 2.46. The largest absolute Gasteiger partial charge is 0.465 e. The van der Waals surface area contributed by atoms with Crippen molar-refractivity contribution in [2.45, 2.75) is 44.6 Å². The highest BCUT2D eigenvalue weighted by atomic mass is 16.5. The summed E-state index contributed by atoms with van der Waals surface area (Å²) in [6.45, 7) is 0. The molecule has 1 aliphatic rings. The van der Waals surface area contributed by atoms with Gasteiger partial charge in [-0.3, -0.25) is 0 Å². The molecule has 0 atom stereocenters. The maximum Gasteiger partial charge on any atom is 0.340 e. The van der Waals surface area contributed by atoms with Crippen LogP contribution < -0.4 is 11.1 Å². The number of hydrogen-bond donors (Lipinski definition) is 2. The van der Waals surface area contributed by atoms with Gasteiger partial charge in [-0.15, -0.1) is 0 Å². The van der Waals surface area contributed by atoms with Crippen LogP contribution in [0.2, 0.25) is 0 Å². The first-order chi connectivity index (χ1) is 9.20. The van der Waals surface area contributed by atoms with Crippen molar-refractivity contribution in [2.75, 3.05) is 18.2 Å². The van der Waals surface area contributed by atoms with E-state index in [0.717, 1.165) is 12.8 Å². The van der Waals surface area contributed by atoms with E-state index in [2.05, 4.69) is 10.3 Å². The highest BCUT2D eigenvalue weighted by Crippen LogP contribution is 2.22. The summed E-state index contributed by atoms with van der Waals surface area (Å²) in [5.41, 5.74) is 6.45. The lowest BCUT2D eigenvalue weighted by Gasteiger charge is -2.17. The second kappa shape index (κ2) is 6.41. The molecule has 0 aliphatic heterocycles. The van der Waals surface area contributed by atoms with E-state index in [9.17, 15) is 4.79 Å². The van der Waals surface area contributed by atoms with Crippen molar-refractivity contribution in [3.63, 3.8) is 0 Å². The van der Waals surface area contributed by atoms with Gasteiger partial charge in [0, 0.05) is 6.04 Å². The number of esters is 1. The van der Waals surface area contributed by atoms with E-state index in [1.165, 1.54) is 39.0 Å². The Bertz CT molecular complexity index is 440. The first-order valence-corrected chi connectivity index (χ1v) is 6.81. The molecule has 0 spiro atoms. The van der Waals surface area contributed by atoms with Crippen molar-refractivity contribution >= 4 is 17.5 Å². The van der Waals surface area contributed by atoms with Crippen molar-refractivity contribution in [3.05, 3.63) is 17.8 Å². The molecule has 0 saturated heterocycles. The van der Waals surface area contributed by atoms with Gasteiger partial charge in [-0.25, -0.2) is 9.78 Å². The van der Waals surface area contributed by atoms with Crippen molar-refractivity contribution in [3.8, 4) is 0 Å². The molecule has 0 amide bonds.